The monoisotopic (exact) mass is 285 g/mol. The molecule has 1 aliphatic rings. The first-order chi connectivity index (χ1) is 10.1. The van der Waals surface area contributed by atoms with Gasteiger partial charge in [-0.1, -0.05) is 51.5 Å². The van der Waals surface area contributed by atoms with Gasteiger partial charge in [0.15, 0.2) is 5.78 Å². The van der Waals surface area contributed by atoms with E-state index in [9.17, 15) is 9.59 Å². The zero-order valence-electron chi connectivity index (χ0n) is 13.0. The van der Waals surface area contributed by atoms with E-state index in [-0.39, 0.29) is 11.7 Å². The Morgan fingerprint density at radius 2 is 1.86 bits per heavy atom. The Morgan fingerprint density at radius 3 is 2.48 bits per heavy atom. The number of nitrogens with one attached hydrogen (secondary N) is 1. The van der Waals surface area contributed by atoms with Crippen molar-refractivity contribution in [2.75, 3.05) is 6.54 Å². The third-order valence-corrected chi connectivity index (χ3v) is 3.68. The van der Waals surface area contributed by atoms with Crippen molar-refractivity contribution in [3.05, 3.63) is 41.0 Å². The maximum Gasteiger partial charge on any atom is 0.255 e. The molecule has 0 spiro atoms. The number of ketones is 1. The average molecular weight is 285 g/mol. The third-order valence-electron chi connectivity index (χ3n) is 3.68. The summed E-state index contributed by atoms with van der Waals surface area (Å²) in [4.78, 5) is 24.9. The molecule has 0 bridgehead atoms. The van der Waals surface area contributed by atoms with E-state index in [4.69, 9.17) is 0 Å². The molecule has 1 amide bonds. The summed E-state index contributed by atoms with van der Waals surface area (Å²) in [6.45, 7) is 6.90. The van der Waals surface area contributed by atoms with E-state index in [0.29, 0.717) is 23.6 Å². The van der Waals surface area contributed by atoms with Crippen molar-refractivity contribution < 1.29 is 9.59 Å². The molecule has 0 aliphatic heterocycles. The number of benzene rings is 1. The maximum atomic E-state index is 12.5. The molecule has 1 aliphatic carbocycles. The van der Waals surface area contributed by atoms with Crippen LogP contribution in [0.3, 0.4) is 0 Å². The number of carbonyl (C=O) groups excluding carboxylic acids is 2. The van der Waals surface area contributed by atoms with Crippen molar-refractivity contribution in [2.24, 2.45) is 5.92 Å². The fraction of sp³-hybridized carbons (Fsp3) is 0.444. The minimum Gasteiger partial charge on any atom is -0.352 e. The van der Waals surface area contributed by atoms with Gasteiger partial charge >= 0.3 is 0 Å². The van der Waals surface area contributed by atoms with Crippen LogP contribution < -0.4 is 5.32 Å². The first kappa shape index (κ1) is 15.5. The smallest absolute Gasteiger partial charge is 0.255 e. The van der Waals surface area contributed by atoms with Crippen LogP contribution in [0.1, 0.15) is 56.0 Å². The van der Waals surface area contributed by atoms with Crippen molar-refractivity contribution in [1.29, 1.82) is 0 Å². The van der Waals surface area contributed by atoms with Gasteiger partial charge in [-0.3, -0.25) is 9.59 Å². The van der Waals surface area contributed by atoms with Gasteiger partial charge in [-0.2, -0.15) is 0 Å². The van der Waals surface area contributed by atoms with E-state index < -0.39 is 0 Å². The van der Waals surface area contributed by atoms with Gasteiger partial charge in [0, 0.05) is 12.1 Å². The molecule has 0 heterocycles. The predicted octanol–water partition coefficient (Wildman–Crippen LogP) is 3.60. The molecule has 0 saturated heterocycles. The van der Waals surface area contributed by atoms with E-state index >= 15 is 0 Å². The summed E-state index contributed by atoms with van der Waals surface area (Å²) >= 11 is 0. The Morgan fingerprint density at radius 1 is 1.19 bits per heavy atom. The molecule has 0 fully saturated rings. The Kier molecular flexibility index (Phi) is 4.94. The molecule has 0 saturated carbocycles. The number of Topliss-reactive ketones (excluding diaryl/α,β-unsaturated/α-hetero) is 1. The molecule has 0 unspecified atom stereocenters. The van der Waals surface area contributed by atoms with Gasteiger partial charge in [0.25, 0.3) is 5.91 Å². The first-order valence-corrected chi connectivity index (χ1v) is 7.71. The molecule has 1 aromatic carbocycles. The normalized spacial score (nSPS) is 13.8. The molecule has 0 radical (unpaired) electrons. The molecule has 3 heteroatoms. The number of allylic oxidation sites excluding steroid dienone is 1. The molecule has 3 nitrogen and oxygen atoms in total. The van der Waals surface area contributed by atoms with Crippen LogP contribution in [0.5, 0.6) is 0 Å². The lowest BCUT2D eigenvalue weighted by Crippen LogP contribution is -2.28. The van der Waals surface area contributed by atoms with Crippen LogP contribution in [0.25, 0.3) is 5.57 Å². The second-order valence-corrected chi connectivity index (χ2v) is 5.94. The van der Waals surface area contributed by atoms with Crippen LogP contribution in [0.15, 0.2) is 29.8 Å². The highest BCUT2D eigenvalue weighted by molar-refractivity contribution is 6.34. The van der Waals surface area contributed by atoms with E-state index in [1.54, 1.807) is 0 Å². The van der Waals surface area contributed by atoms with Crippen molar-refractivity contribution in [3.63, 3.8) is 0 Å². The standard InChI is InChI=1S/C18H23NO2/c1-4-5-10-19-18(21)16-15(11-12(2)3)13-8-6-7-9-14(13)17(16)20/h6-9,12H,4-5,10-11H2,1-3H3,(H,19,21). The van der Waals surface area contributed by atoms with Gasteiger partial charge < -0.3 is 5.32 Å². The van der Waals surface area contributed by atoms with E-state index in [2.05, 4.69) is 26.1 Å². The van der Waals surface area contributed by atoms with Crippen molar-refractivity contribution >= 4 is 17.3 Å². The highest BCUT2D eigenvalue weighted by Crippen LogP contribution is 2.36. The maximum absolute atomic E-state index is 12.5. The zero-order valence-corrected chi connectivity index (χ0v) is 13.0. The van der Waals surface area contributed by atoms with Crippen molar-refractivity contribution in [1.82, 2.24) is 5.32 Å². The molecular formula is C18H23NO2. The largest absolute Gasteiger partial charge is 0.352 e. The minimum atomic E-state index is -0.222. The molecule has 0 atom stereocenters. The summed E-state index contributed by atoms with van der Waals surface area (Å²) in [6.07, 6.45) is 2.70. The van der Waals surface area contributed by atoms with Gasteiger partial charge in [-0.05, 0) is 29.9 Å². The zero-order chi connectivity index (χ0) is 15.4. The minimum absolute atomic E-state index is 0.129. The van der Waals surface area contributed by atoms with E-state index in [1.165, 1.54) is 0 Å². The summed E-state index contributed by atoms with van der Waals surface area (Å²) in [5.41, 5.74) is 2.84. The van der Waals surface area contributed by atoms with Crippen LogP contribution in [-0.2, 0) is 4.79 Å². The summed E-state index contributed by atoms with van der Waals surface area (Å²) < 4.78 is 0. The quantitative estimate of drug-likeness (QED) is 0.641. The summed E-state index contributed by atoms with van der Waals surface area (Å²) in [5, 5.41) is 2.88. The Bertz CT molecular complexity index is 585. The number of carbonyl (C=O) groups is 2. The van der Waals surface area contributed by atoms with Crippen LogP contribution in [0.2, 0.25) is 0 Å². The van der Waals surface area contributed by atoms with Crippen LogP contribution in [0, 0.1) is 5.92 Å². The number of rotatable bonds is 6. The Balaban J connectivity index is 2.34. The Labute approximate surface area is 126 Å². The van der Waals surface area contributed by atoms with Gasteiger partial charge in [0.1, 0.15) is 0 Å². The summed E-state index contributed by atoms with van der Waals surface area (Å²) in [5.74, 6) is 0.0490. The van der Waals surface area contributed by atoms with Crippen LogP contribution in [0.4, 0.5) is 0 Å². The fourth-order valence-electron chi connectivity index (χ4n) is 2.68. The molecule has 1 aromatic rings. The SMILES string of the molecule is CCCCNC(=O)C1=C(CC(C)C)c2ccccc2C1=O. The van der Waals surface area contributed by atoms with Crippen LogP contribution >= 0.6 is 0 Å². The van der Waals surface area contributed by atoms with Crippen molar-refractivity contribution in [3.8, 4) is 0 Å². The van der Waals surface area contributed by atoms with Gasteiger partial charge in [-0.25, -0.2) is 0 Å². The molecular weight excluding hydrogens is 262 g/mol. The van der Waals surface area contributed by atoms with Gasteiger partial charge in [-0.15, -0.1) is 0 Å². The highest BCUT2D eigenvalue weighted by Gasteiger charge is 2.33. The highest BCUT2D eigenvalue weighted by atomic mass is 16.2. The van der Waals surface area contributed by atoms with E-state index in [1.807, 2.05) is 24.3 Å². The number of hydrogen-bond donors (Lipinski definition) is 1. The third kappa shape index (κ3) is 3.23. The molecule has 21 heavy (non-hydrogen) atoms. The topological polar surface area (TPSA) is 46.2 Å². The second-order valence-electron chi connectivity index (χ2n) is 5.94. The lowest BCUT2D eigenvalue weighted by Gasteiger charge is -2.10. The summed E-state index contributed by atoms with van der Waals surface area (Å²) in [7, 11) is 0. The number of fused-ring (bicyclic) bond motifs is 1. The molecule has 0 aromatic heterocycles. The average Bonchev–Trinajstić information content (AvgIpc) is 2.72. The van der Waals surface area contributed by atoms with Gasteiger partial charge in [0.2, 0.25) is 0 Å². The summed E-state index contributed by atoms with van der Waals surface area (Å²) in [6, 6.07) is 7.52. The predicted molar refractivity (Wildman–Crippen MR) is 85.1 cm³/mol. The number of amides is 1. The second kappa shape index (κ2) is 6.70. The van der Waals surface area contributed by atoms with Crippen molar-refractivity contribution in [2.45, 2.75) is 40.0 Å². The first-order valence-electron chi connectivity index (χ1n) is 7.71. The van der Waals surface area contributed by atoms with Crippen LogP contribution in [-0.4, -0.2) is 18.2 Å². The van der Waals surface area contributed by atoms with Gasteiger partial charge in [0.05, 0.1) is 5.57 Å². The molecule has 2 rings (SSSR count). The number of unbranched alkanes of at least 4 members (excludes halogenated alkanes) is 1. The fourth-order valence-corrected chi connectivity index (χ4v) is 2.68. The lowest BCUT2D eigenvalue weighted by atomic mass is 9.96. The van der Waals surface area contributed by atoms with E-state index in [0.717, 1.165) is 30.4 Å². The molecule has 112 valence electrons. The Hall–Kier alpha value is -1.90. The lowest BCUT2D eigenvalue weighted by molar-refractivity contribution is -0.117. The molecule has 1 N–H and O–H groups in total. The number of hydrogen-bond acceptors (Lipinski definition) is 2.